The van der Waals surface area contributed by atoms with E-state index in [1.807, 2.05) is 84.3 Å². The van der Waals surface area contributed by atoms with E-state index < -0.39 is 0 Å². The summed E-state index contributed by atoms with van der Waals surface area (Å²) in [6.07, 6.45) is 1.88. The zero-order chi connectivity index (χ0) is 25.4. The first-order chi connectivity index (χ1) is 18.1. The summed E-state index contributed by atoms with van der Waals surface area (Å²) in [6.45, 7) is 5.89. The summed E-state index contributed by atoms with van der Waals surface area (Å²) in [5.41, 5.74) is 5.98. The number of likely N-dealkylation sites (N-methyl/N-ethyl adjacent to an activating group) is 1. The van der Waals surface area contributed by atoms with Crippen LogP contribution in [0.15, 0.2) is 83.5 Å². The molecule has 1 amide bonds. The van der Waals surface area contributed by atoms with Gasteiger partial charge in [-0.1, -0.05) is 35.5 Å². The van der Waals surface area contributed by atoms with Crippen molar-refractivity contribution in [2.75, 3.05) is 43.4 Å². The molecule has 1 saturated heterocycles. The largest absolute Gasteiger partial charge is 0.368 e. The summed E-state index contributed by atoms with van der Waals surface area (Å²) < 4.78 is 7.60. The first-order valence-electron chi connectivity index (χ1n) is 12.4. The number of hydrogen-bond donors (Lipinski definition) is 1. The molecule has 4 heterocycles. The van der Waals surface area contributed by atoms with Crippen molar-refractivity contribution >= 4 is 22.8 Å². The number of nitrogens with zero attached hydrogens (tertiary/aromatic N) is 5. The number of aromatic nitrogens is 3. The fraction of sp³-hybridized carbons (Fsp3) is 0.207. The Bertz CT molecular complexity index is 1580. The molecule has 8 heteroatoms. The average Bonchev–Trinajstić information content (AvgIpc) is 3.58. The van der Waals surface area contributed by atoms with Crippen LogP contribution in [-0.4, -0.2) is 58.6 Å². The van der Waals surface area contributed by atoms with Gasteiger partial charge in [0.05, 0.1) is 5.56 Å². The Hall–Kier alpha value is -4.43. The number of hydrogen-bond acceptors (Lipinski definition) is 6. The topological polar surface area (TPSA) is 78.9 Å². The molecule has 2 aromatic carbocycles. The number of benzene rings is 2. The Morgan fingerprint density at radius 3 is 2.62 bits per heavy atom. The minimum absolute atomic E-state index is 0.179. The molecule has 0 unspecified atom stereocenters. The number of carbonyl (C=O) groups excluding carboxylic acids is 1. The molecule has 1 N–H and O–H groups in total. The maximum Gasteiger partial charge on any atom is 0.272 e. The Balaban J connectivity index is 1.27. The van der Waals surface area contributed by atoms with Gasteiger partial charge >= 0.3 is 0 Å². The van der Waals surface area contributed by atoms with Crippen LogP contribution < -0.4 is 10.2 Å². The van der Waals surface area contributed by atoms with E-state index in [1.165, 1.54) is 0 Å². The smallest absolute Gasteiger partial charge is 0.272 e. The van der Waals surface area contributed by atoms with E-state index in [-0.39, 0.29) is 5.91 Å². The highest BCUT2D eigenvalue weighted by molar-refractivity contribution is 6.04. The number of pyridine rings is 1. The molecule has 0 atom stereocenters. The van der Waals surface area contributed by atoms with Crippen LogP contribution in [0.4, 0.5) is 11.4 Å². The van der Waals surface area contributed by atoms with Crippen molar-refractivity contribution in [2.45, 2.75) is 6.92 Å². The van der Waals surface area contributed by atoms with Crippen molar-refractivity contribution in [3.05, 3.63) is 90.3 Å². The van der Waals surface area contributed by atoms with Crippen LogP contribution in [0.3, 0.4) is 0 Å². The molecule has 1 aliphatic heterocycles. The third-order valence-corrected chi connectivity index (χ3v) is 6.94. The summed E-state index contributed by atoms with van der Waals surface area (Å²) in [5, 5.41) is 7.32. The minimum atomic E-state index is -0.179. The summed E-state index contributed by atoms with van der Waals surface area (Å²) >= 11 is 0. The van der Waals surface area contributed by atoms with E-state index in [9.17, 15) is 4.79 Å². The molecule has 6 rings (SSSR count). The van der Waals surface area contributed by atoms with Crippen LogP contribution >= 0.6 is 0 Å². The molecule has 3 aromatic heterocycles. The zero-order valence-electron chi connectivity index (χ0n) is 20.9. The highest BCUT2D eigenvalue weighted by Crippen LogP contribution is 2.32. The van der Waals surface area contributed by atoms with Gasteiger partial charge in [-0.15, -0.1) is 0 Å². The van der Waals surface area contributed by atoms with Crippen molar-refractivity contribution in [3.8, 4) is 22.8 Å². The minimum Gasteiger partial charge on any atom is -0.368 e. The van der Waals surface area contributed by atoms with Gasteiger partial charge in [0, 0.05) is 54.8 Å². The van der Waals surface area contributed by atoms with Gasteiger partial charge in [-0.2, -0.15) is 4.98 Å². The van der Waals surface area contributed by atoms with E-state index >= 15 is 0 Å². The van der Waals surface area contributed by atoms with E-state index in [2.05, 4.69) is 33.4 Å². The quantitative estimate of drug-likeness (QED) is 0.373. The Kier molecular flexibility index (Phi) is 5.94. The molecule has 0 bridgehead atoms. The van der Waals surface area contributed by atoms with Crippen molar-refractivity contribution in [1.29, 1.82) is 0 Å². The van der Waals surface area contributed by atoms with Crippen molar-refractivity contribution < 1.29 is 9.32 Å². The van der Waals surface area contributed by atoms with Crippen molar-refractivity contribution in [3.63, 3.8) is 0 Å². The van der Waals surface area contributed by atoms with Crippen LogP contribution in [0, 0.1) is 6.92 Å². The predicted molar refractivity (Wildman–Crippen MR) is 145 cm³/mol. The summed E-state index contributed by atoms with van der Waals surface area (Å²) in [5.74, 6) is 0.781. The lowest BCUT2D eigenvalue weighted by Crippen LogP contribution is -2.44. The summed E-state index contributed by atoms with van der Waals surface area (Å²) in [6, 6.07) is 23.5. The molecule has 8 nitrogen and oxygen atoms in total. The van der Waals surface area contributed by atoms with Gasteiger partial charge in [-0.05, 0) is 62.0 Å². The lowest BCUT2D eigenvalue weighted by Gasteiger charge is -2.34. The number of rotatable bonds is 5. The first-order valence-corrected chi connectivity index (χ1v) is 12.4. The highest BCUT2D eigenvalue weighted by Gasteiger charge is 2.21. The fourth-order valence-electron chi connectivity index (χ4n) is 4.75. The Morgan fingerprint density at radius 2 is 1.76 bits per heavy atom. The molecular weight excluding hydrogens is 464 g/mol. The average molecular weight is 493 g/mol. The number of aryl methyl sites for hydroxylation is 1. The molecule has 0 spiro atoms. The summed E-state index contributed by atoms with van der Waals surface area (Å²) in [7, 11) is 2.15. The third kappa shape index (κ3) is 4.47. The molecule has 0 aliphatic carbocycles. The monoisotopic (exact) mass is 492 g/mol. The van der Waals surface area contributed by atoms with E-state index in [4.69, 9.17) is 9.51 Å². The second-order valence-corrected chi connectivity index (χ2v) is 9.43. The maximum absolute atomic E-state index is 13.1. The van der Waals surface area contributed by atoms with Crippen LogP contribution in [0.2, 0.25) is 0 Å². The second-order valence-electron chi connectivity index (χ2n) is 9.43. The molecule has 186 valence electrons. The molecule has 37 heavy (non-hydrogen) atoms. The maximum atomic E-state index is 13.1. The second kappa shape index (κ2) is 9.55. The van der Waals surface area contributed by atoms with Gasteiger partial charge < -0.3 is 24.0 Å². The SMILES string of the molecule is Cc1ccc(-c2noc(-c3ccccc3N3CCN(C)CC3)n2)cc1NC(=O)c1ccc2ccccn12. The van der Waals surface area contributed by atoms with Crippen molar-refractivity contribution in [2.24, 2.45) is 0 Å². The number of nitrogens with one attached hydrogen (secondary N) is 1. The van der Waals surface area contributed by atoms with Crippen LogP contribution in [0.1, 0.15) is 16.1 Å². The molecule has 5 aromatic rings. The van der Waals surface area contributed by atoms with Gasteiger partial charge in [-0.25, -0.2) is 0 Å². The lowest BCUT2D eigenvalue weighted by atomic mass is 10.1. The Morgan fingerprint density at radius 1 is 0.946 bits per heavy atom. The van der Waals surface area contributed by atoms with Gasteiger partial charge in [-0.3, -0.25) is 4.79 Å². The lowest BCUT2D eigenvalue weighted by molar-refractivity contribution is 0.102. The van der Waals surface area contributed by atoms with Gasteiger partial charge in [0.1, 0.15) is 5.69 Å². The van der Waals surface area contributed by atoms with Gasteiger partial charge in [0.25, 0.3) is 11.8 Å². The predicted octanol–water partition coefficient (Wildman–Crippen LogP) is 4.97. The number of para-hydroxylation sites is 1. The van der Waals surface area contributed by atoms with Crippen LogP contribution in [0.25, 0.3) is 28.4 Å². The summed E-state index contributed by atoms with van der Waals surface area (Å²) in [4.78, 5) is 22.5. The van der Waals surface area contributed by atoms with Crippen LogP contribution in [0.5, 0.6) is 0 Å². The molecule has 1 fully saturated rings. The zero-order valence-corrected chi connectivity index (χ0v) is 20.9. The third-order valence-electron chi connectivity index (χ3n) is 6.94. The van der Waals surface area contributed by atoms with Crippen LogP contribution in [-0.2, 0) is 0 Å². The number of carbonyl (C=O) groups is 1. The number of anilines is 2. The fourth-order valence-corrected chi connectivity index (χ4v) is 4.75. The van der Waals surface area contributed by atoms with Gasteiger partial charge in [0.15, 0.2) is 0 Å². The van der Waals surface area contributed by atoms with E-state index in [0.717, 1.165) is 54.1 Å². The van der Waals surface area contributed by atoms with Gasteiger partial charge in [0.2, 0.25) is 5.82 Å². The number of amides is 1. The molecular formula is C29H28N6O2. The normalized spacial score (nSPS) is 14.3. The molecule has 1 aliphatic rings. The first kappa shape index (κ1) is 23.0. The van der Waals surface area contributed by atoms with E-state index in [0.29, 0.717) is 23.1 Å². The number of fused-ring (bicyclic) bond motifs is 1. The molecule has 0 saturated carbocycles. The van der Waals surface area contributed by atoms with E-state index in [1.54, 1.807) is 0 Å². The molecule has 0 radical (unpaired) electrons. The van der Waals surface area contributed by atoms with Crippen molar-refractivity contribution in [1.82, 2.24) is 19.4 Å². The standard InChI is InChI=1S/C29H28N6O2/c1-20-10-11-21(19-24(20)30-28(36)26-13-12-22-7-5-6-14-35(22)26)27-31-29(37-32-27)23-8-3-4-9-25(23)34-17-15-33(2)16-18-34/h3-14,19H,15-18H2,1-2H3,(H,30,36). The number of piperazine rings is 1. The highest BCUT2D eigenvalue weighted by atomic mass is 16.5. The Labute approximate surface area is 215 Å².